The van der Waals surface area contributed by atoms with Gasteiger partial charge in [0.25, 0.3) is 11.4 Å². The van der Waals surface area contributed by atoms with Crippen molar-refractivity contribution in [3.63, 3.8) is 0 Å². The van der Waals surface area contributed by atoms with Crippen LogP contribution < -0.4 is 5.14 Å². The third-order valence-electron chi connectivity index (χ3n) is 1.46. The standard InChI is InChI=1S/C6H4N3O4S/c7-14-6-2-1-4(8(10)11)3-5(6)9(12)13/h1-3,7H. The number of rotatable bonds is 3. The fraction of sp³-hybridized carbons (Fsp3) is 0. The summed E-state index contributed by atoms with van der Waals surface area (Å²) in [5.74, 6) is 0. The Kier molecular flexibility index (Phi) is 2.99. The summed E-state index contributed by atoms with van der Waals surface area (Å²) in [7, 11) is 0. The first-order valence-electron chi connectivity index (χ1n) is 3.32. The highest BCUT2D eigenvalue weighted by molar-refractivity contribution is 7.96. The molecule has 0 spiro atoms. The lowest BCUT2D eigenvalue weighted by molar-refractivity contribution is -0.396. The van der Waals surface area contributed by atoms with Gasteiger partial charge in [0.2, 0.25) is 0 Å². The third kappa shape index (κ3) is 1.98. The van der Waals surface area contributed by atoms with Crippen LogP contribution >= 0.6 is 11.9 Å². The van der Waals surface area contributed by atoms with E-state index in [1.165, 1.54) is 6.07 Å². The summed E-state index contributed by atoms with van der Waals surface area (Å²) in [6.45, 7) is 0. The zero-order valence-electron chi connectivity index (χ0n) is 6.67. The Bertz CT molecular complexity index is 395. The molecule has 0 saturated heterocycles. The molecular weight excluding hydrogens is 210 g/mol. The normalized spacial score (nSPS) is 9.79. The molecule has 0 heterocycles. The van der Waals surface area contributed by atoms with Crippen LogP contribution in [0.25, 0.3) is 0 Å². The molecule has 0 aliphatic rings. The van der Waals surface area contributed by atoms with Crippen molar-refractivity contribution < 1.29 is 9.85 Å². The highest BCUT2D eigenvalue weighted by Gasteiger charge is 2.18. The van der Waals surface area contributed by atoms with E-state index < -0.39 is 15.5 Å². The first-order chi connectivity index (χ1) is 6.56. The SMILES string of the molecule is [NH]Sc1ccc([N+](=O)[O-])cc1[N+](=O)[O-]. The van der Waals surface area contributed by atoms with Gasteiger partial charge < -0.3 is 0 Å². The van der Waals surface area contributed by atoms with Crippen LogP contribution in [0.4, 0.5) is 11.4 Å². The van der Waals surface area contributed by atoms with E-state index in [9.17, 15) is 20.2 Å². The fourth-order valence-corrected chi connectivity index (χ4v) is 1.22. The van der Waals surface area contributed by atoms with Crippen molar-refractivity contribution in [2.45, 2.75) is 4.90 Å². The van der Waals surface area contributed by atoms with E-state index in [1.54, 1.807) is 0 Å². The average molecular weight is 214 g/mol. The monoisotopic (exact) mass is 214 g/mol. The van der Waals surface area contributed by atoms with Gasteiger partial charge in [0, 0.05) is 6.07 Å². The van der Waals surface area contributed by atoms with Crippen LogP contribution in [0.2, 0.25) is 0 Å². The molecule has 8 heteroatoms. The summed E-state index contributed by atoms with van der Waals surface area (Å²) in [6.07, 6.45) is 0. The Morgan fingerprint density at radius 3 is 2.29 bits per heavy atom. The maximum Gasteiger partial charge on any atom is 0.291 e. The molecule has 1 aromatic rings. The molecule has 0 saturated carbocycles. The molecule has 0 aliphatic carbocycles. The first-order valence-corrected chi connectivity index (χ1v) is 4.14. The lowest BCUT2D eigenvalue weighted by Gasteiger charge is -1.97. The van der Waals surface area contributed by atoms with E-state index >= 15 is 0 Å². The Morgan fingerprint density at radius 2 is 1.86 bits per heavy atom. The van der Waals surface area contributed by atoms with Gasteiger partial charge in [-0.15, -0.1) is 0 Å². The second kappa shape index (κ2) is 4.03. The smallest absolute Gasteiger partial charge is 0.258 e. The topological polar surface area (TPSA) is 110 Å². The van der Waals surface area contributed by atoms with Crippen LogP contribution in [0.3, 0.4) is 0 Å². The lowest BCUT2D eigenvalue weighted by atomic mass is 10.3. The molecule has 0 aliphatic heterocycles. The van der Waals surface area contributed by atoms with Crippen LogP contribution in [0.1, 0.15) is 0 Å². The second-order valence-electron chi connectivity index (χ2n) is 2.27. The molecule has 0 atom stereocenters. The summed E-state index contributed by atoms with van der Waals surface area (Å²) in [6, 6.07) is 3.16. The van der Waals surface area contributed by atoms with Crippen molar-refractivity contribution in [1.82, 2.24) is 5.14 Å². The Morgan fingerprint density at radius 1 is 1.21 bits per heavy atom. The molecule has 0 aromatic heterocycles. The van der Waals surface area contributed by atoms with Gasteiger partial charge in [0.05, 0.1) is 15.9 Å². The molecule has 7 nitrogen and oxygen atoms in total. The second-order valence-corrected chi connectivity index (χ2v) is 2.91. The average Bonchev–Trinajstić information content (AvgIpc) is 2.16. The lowest BCUT2D eigenvalue weighted by Crippen LogP contribution is -1.94. The minimum Gasteiger partial charge on any atom is -0.258 e. The molecule has 1 rings (SSSR count). The van der Waals surface area contributed by atoms with E-state index in [2.05, 4.69) is 0 Å². The van der Waals surface area contributed by atoms with E-state index in [0.717, 1.165) is 12.1 Å². The van der Waals surface area contributed by atoms with Gasteiger partial charge in [-0.3, -0.25) is 20.2 Å². The molecule has 73 valence electrons. The molecule has 14 heavy (non-hydrogen) atoms. The number of nitrogens with zero attached hydrogens (tertiary/aromatic N) is 2. The molecule has 1 aromatic carbocycles. The first kappa shape index (κ1) is 10.4. The van der Waals surface area contributed by atoms with E-state index in [1.807, 2.05) is 0 Å². The zero-order valence-corrected chi connectivity index (χ0v) is 7.48. The number of benzene rings is 1. The summed E-state index contributed by atoms with van der Waals surface area (Å²) >= 11 is 0.430. The highest BCUT2D eigenvalue weighted by Crippen LogP contribution is 2.30. The quantitative estimate of drug-likeness (QED) is 0.432. The number of nitro groups is 2. The summed E-state index contributed by atoms with van der Waals surface area (Å²) in [5.41, 5.74) is -0.770. The number of nitro benzene ring substituents is 2. The van der Waals surface area contributed by atoms with Crippen molar-refractivity contribution in [1.29, 1.82) is 0 Å². The van der Waals surface area contributed by atoms with Crippen LogP contribution in [0, 0.1) is 20.2 Å². The predicted octanol–water partition coefficient (Wildman–Crippen LogP) is 1.79. The van der Waals surface area contributed by atoms with Gasteiger partial charge in [-0.2, -0.15) is 5.14 Å². The van der Waals surface area contributed by atoms with Crippen molar-refractivity contribution in [2.75, 3.05) is 0 Å². The van der Waals surface area contributed by atoms with Crippen LogP contribution in [0.5, 0.6) is 0 Å². The van der Waals surface area contributed by atoms with Crippen LogP contribution in [0.15, 0.2) is 23.1 Å². The molecule has 0 fully saturated rings. The van der Waals surface area contributed by atoms with E-state index in [-0.39, 0.29) is 10.6 Å². The molecule has 1 N–H and O–H groups in total. The Hall–Kier alpha value is -1.67. The van der Waals surface area contributed by atoms with Gasteiger partial charge in [-0.1, -0.05) is 0 Å². The fourth-order valence-electron chi connectivity index (χ4n) is 0.848. The minimum absolute atomic E-state index is 0.0839. The third-order valence-corrected chi connectivity index (χ3v) is 2.03. The van der Waals surface area contributed by atoms with Crippen molar-refractivity contribution in [3.8, 4) is 0 Å². The molecule has 1 radical (unpaired) electrons. The van der Waals surface area contributed by atoms with Crippen LogP contribution in [-0.2, 0) is 0 Å². The van der Waals surface area contributed by atoms with E-state index in [0.29, 0.717) is 11.9 Å². The molecule has 0 amide bonds. The summed E-state index contributed by atoms with van der Waals surface area (Å²) in [4.78, 5) is 19.4. The number of hydrogen-bond acceptors (Lipinski definition) is 5. The number of nitrogens with one attached hydrogen (secondary N) is 1. The predicted molar refractivity (Wildman–Crippen MR) is 48.7 cm³/mol. The van der Waals surface area contributed by atoms with Gasteiger partial charge in [-0.05, 0) is 18.0 Å². The molecular formula is C6H4N3O4S. The summed E-state index contributed by atoms with van der Waals surface area (Å²) in [5, 5.41) is 27.6. The van der Waals surface area contributed by atoms with Gasteiger partial charge in [0.15, 0.2) is 0 Å². The van der Waals surface area contributed by atoms with E-state index in [4.69, 9.17) is 5.14 Å². The van der Waals surface area contributed by atoms with Gasteiger partial charge >= 0.3 is 0 Å². The molecule has 0 bridgehead atoms. The molecule has 0 unspecified atom stereocenters. The number of non-ortho nitro benzene ring substituents is 1. The Labute approximate surface area is 82.3 Å². The zero-order chi connectivity index (χ0) is 10.7. The maximum atomic E-state index is 10.4. The van der Waals surface area contributed by atoms with Crippen molar-refractivity contribution in [3.05, 3.63) is 38.4 Å². The highest BCUT2D eigenvalue weighted by atomic mass is 32.2. The Balaban J connectivity index is 3.27. The summed E-state index contributed by atoms with van der Waals surface area (Å²) < 4.78 is 0. The largest absolute Gasteiger partial charge is 0.291 e. The van der Waals surface area contributed by atoms with Gasteiger partial charge in [0.1, 0.15) is 4.90 Å². The maximum absolute atomic E-state index is 10.4. The van der Waals surface area contributed by atoms with Crippen LogP contribution in [-0.4, -0.2) is 9.85 Å². The van der Waals surface area contributed by atoms with Gasteiger partial charge in [-0.25, -0.2) is 0 Å². The number of hydrogen-bond donors (Lipinski definition) is 0. The van der Waals surface area contributed by atoms with Crippen molar-refractivity contribution in [2.24, 2.45) is 0 Å². The minimum atomic E-state index is -0.746. The van der Waals surface area contributed by atoms with Crippen molar-refractivity contribution >= 4 is 23.3 Å².